The molecular formula is C11H10F4O. The average molecular weight is 234 g/mol. The molecule has 0 radical (unpaired) electrons. The minimum absolute atomic E-state index is 0.109. The fraction of sp³-hybridized carbons (Fsp3) is 0.273. The zero-order valence-corrected chi connectivity index (χ0v) is 8.30. The maximum absolute atomic E-state index is 12.5. The van der Waals surface area contributed by atoms with Crippen LogP contribution in [0.4, 0.5) is 17.6 Å². The minimum atomic E-state index is -4.13. The van der Waals surface area contributed by atoms with E-state index in [-0.39, 0.29) is 5.75 Å². The number of rotatable bonds is 5. The molecule has 0 bridgehead atoms. The van der Waals surface area contributed by atoms with Crippen LogP contribution in [-0.2, 0) is 0 Å². The molecule has 1 rings (SSSR count). The Morgan fingerprint density at radius 2 is 2.06 bits per heavy atom. The first-order valence-electron chi connectivity index (χ1n) is 4.47. The largest absolute Gasteiger partial charge is 0.487 e. The number of halogens is 4. The molecule has 0 spiro atoms. The van der Waals surface area contributed by atoms with E-state index in [4.69, 9.17) is 0 Å². The van der Waals surface area contributed by atoms with Gasteiger partial charge in [-0.1, -0.05) is 24.8 Å². The maximum Gasteiger partial charge on any atom is 0.340 e. The van der Waals surface area contributed by atoms with Gasteiger partial charge in [-0.3, -0.25) is 0 Å². The lowest BCUT2D eigenvalue weighted by Crippen LogP contribution is -2.33. The van der Waals surface area contributed by atoms with Gasteiger partial charge in [0.25, 0.3) is 0 Å². The van der Waals surface area contributed by atoms with Crippen LogP contribution in [0.25, 0.3) is 6.08 Å². The van der Waals surface area contributed by atoms with Crippen molar-refractivity contribution in [2.24, 2.45) is 0 Å². The van der Waals surface area contributed by atoms with Crippen LogP contribution in [-0.4, -0.2) is 19.0 Å². The summed E-state index contributed by atoms with van der Waals surface area (Å²) in [6.45, 7) is 2.14. The summed E-state index contributed by atoms with van der Waals surface area (Å²) in [5.74, 6) is -4.03. The maximum atomic E-state index is 12.5. The van der Waals surface area contributed by atoms with Crippen molar-refractivity contribution in [1.82, 2.24) is 0 Å². The van der Waals surface area contributed by atoms with Crippen LogP contribution < -0.4 is 4.74 Å². The quantitative estimate of drug-likeness (QED) is 0.707. The van der Waals surface area contributed by atoms with Crippen molar-refractivity contribution in [2.75, 3.05) is 6.61 Å². The molecule has 0 aromatic heterocycles. The predicted octanol–water partition coefficient (Wildman–Crippen LogP) is 3.61. The zero-order valence-electron chi connectivity index (χ0n) is 8.30. The Balaban J connectivity index is 2.64. The summed E-state index contributed by atoms with van der Waals surface area (Å²) in [5.41, 5.74) is 0.665. The van der Waals surface area contributed by atoms with Crippen LogP contribution in [0, 0.1) is 0 Å². The predicted molar refractivity (Wildman–Crippen MR) is 53.0 cm³/mol. The summed E-state index contributed by atoms with van der Waals surface area (Å²) in [7, 11) is 0. The third kappa shape index (κ3) is 3.25. The molecule has 0 saturated heterocycles. The molecule has 16 heavy (non-hydrogen) atoms. The lowest BCUT2D eigenvalue weighted by molar-refractivity contribution is -0.148. The van der Waals surface area contributed by atoms with E-state index in [2.05, 4.69) is 11.3 Å². The Labute approximate surface area is 90.3 Å². The van der Waals surface area contributed by atoms with Crippen molar-refractivity contribution < 1.29 is 22.3 Å². The molecular weight excluding hydrogens is 224 g/mol. The summed E-state index contributed by atoms with van der Waals surface area (Å²) in [5, 5.41) is 0. The first kappa shape index (κ1) is 12.5. The highest BCUT2D eigenvalue weighted by Crippen LogP contribution is 2.24. The van der Waals surface area contributed by atoms with E-state index in [1.54, 1.807) is 12.1 Å². The lowest BCUT2D eigenvalue weighted by atomic mass is 10.2. The van der Waals surface area contributed by atoms with Gasteiger partial charge in [0.2, 0.25) is 0 Å². The van der Waals surface area contributed by atoms with E-state index in [1.165, 1.54) is 18.2 Å². The van der Waals surface area contributed by atoms with Crippen molar-refractivity contribution in [3.05, 3.63) is 36.4 Å². The van der Waals surface area contributed by atoms with E-state index in [9.17, 15) is 17.6 Å². The van der Waals surface area contributed by atoms with Gasteiger partial charge in [0, 0.05) is 0 Å². The van der Waals surface area contributed by atoms with Crippen molar-refractivity contribution in [3.8, 4) is 5.75 Å². The fourth-order valence-electron chi connectivity index (χ4n) is 0.974. The van der Waals surface area contributed by atoms with E-state index in [0.717, 1.165) is 0 Å². The summed E-state index contributed by atoms with van der Waals surface area (Å²) in [6, 6.07) is 6.10. The second kappa shape index (κ2) is 5.01. The normalized spacial score (nSPS) is 11.6. The average Bonchev–Trinajstić information content (AvgIpc) is 2.26. The van der Waals surface area contributed by atoms with Crippen molar-refractivity contribution in [2.45, 2.75) is 12.3 Å². The van der Waals surface area contributed by atoms with E-state index in [1.807, 2.05) is 0 Å². The molecule has 0 unspecified atom stereocenters. The van der Waals surface area contributed by atoms with E-state index < -0.39 is 19.0 Å². The highest BCUT2D eigenvalue weighted by atomic mass is 19.3. The first-order chi connectivity index (χ1) is 7.45. The van der Waals surface area contributed by atoms with Crippen LogP contribution in [0.5, 0.6) is 5.75 Å². The first-order valence-corrected chi connectivity index (χ1v) is 4.47. The van der Waals surface area contributed by atoms with Crippen molar-refractivity contribution in [3.63, 3.8) is 0 Å². The molecule has 1 aromatic rings. The summed E-state index contributed by atoms with van der Waals surface area (Å²) in [4.78, 5) is 0. The smallest absolute Gasteiger partial charge is 0.340 e. The monoisotopic (exact) mass is 234 g/mol. The van der Waals surface area contributed by atoms with Crippen LogP contribution >= 0.6 is 0 Å². The van der Waals surface area contributed by atoms with Gasteiger partial charge in [-0.25, -0.2) is 8.78 Å². The topological polar surface area (TPSA) is 9.23 Å². The molecule has 88 valence electrons. The molecule has 5 heteroatoms. The third-order valence-electron chi connectivity index (χ3n) is 1.84. The molecule has 0 amide bonds. The Morgan fingerprint density at radius 3 is 2.62 bits per heavy atom. The van der Waals surface area contributed by atoms with Crippen molar-refractivity contribution >= 4 is 6.08 Å². The number of benzene rings is 1. The van der Waals surface area contributed by atoms with E-state index >= 15 is 0 Å². The molecule has 0 saturated carbocycles. The molecule has 1 aromatic carbocycles. The summed E-state index contributed by atoms with van der Waals surface area (Å²) < 4.78 is 53.3. The van der Waals surface area contributed by atoms with Crippen molar-refractivity contribution in [1.29, 1.82) is 0 Å². The fourth-order valence-corrected chi connectivity index (χ4v) is 0.974. The van der Waals surface area contributed by atoms with Gasteiger partial charge >= 0.3 is 12.3 Å². The Bertz CT molecular complexity index is 363. The van der Waals surface area contributed by atoms with Gasteiger partial charge in [-0.05, 0) is 17.7 Å². The second-order valence-corrected chi connectivity index (χ2v) is 3.13. The van der Waals surface area contributed by atoms with E-state index in [0.29, 0.717) is 5.56 Å². The number of hydrogen-bond acceptors (Lipinski definition) is 1. The SMILES string of the molecule is C=Cc1cccc(OCC(F)(F)C(F)F)c1. The Morgan fingerprint density at radius 1 is 1.38 bits per heavy atom. The lowest BCUT2D eigenvalue weighted by Gasteiger charge is -2.16. The molecule has 0 fully saturated rings. The molecule has 0 N–H and O–H groups in total. The van der Waals surface area contributed by atoms with Crippen LogP contribution in [0.15, 0.2) is 30.8 Å². The summed E-state index contributed by atoms with van der Waals surface area (Å²) in [6.07, 6.45) is -2.23. The molecule has 1 nitrogen and oxygen atoms in total. The number of ether oxygens (including phenoxy) is 1. The van der Waals surface area contributed by atoms with Crippen LogP contribution in [0.3, 0.4) is 0 Å². The third-order valence-corrected chi connectivity index (χ3v) is 1.84. The van der Waals surface area contributed by atoms with Gasteiger partial charge in [0.15, 0.2) is 6.61 Å². The molecule has 0 aliphatic heterocycles. The molecule has 0 aliphatic rings. The Hall–Kier alpha value is -1.52. The summed E-state index contributed by atoms with van der Waals surface area (Å²) >= 11 is 0. The number of alkyl halides is 4. The number of hydrogen-bond donors (Lipinski definition) is 0. The highest BCUT2D eigenvalue weighted by molar-refractivity contribution is 5.49. The van der Waals surface area contributed by atoms with Gasteiger partial charge in [-0.15, -0.1) is 0 Å². The molecule has 0 atom stereocenters. The Kier molecular flexibility index (Phi) is 3.93. The standard InChI is InChI=1S/C11H10F4O/c1-2-8-4-3-5-9(6-8)16-7-11(14,15)10(12)13/h2-6,10H,1,7H2. The van der Waals surface area contributed by atoms with Gasteiger partial charge in [-0.2, -0.15) is 8.78 Å². The molecule has 0 aliphatic carbocycles. The van der Waals surface area contributed by atoms with Gasteiger partial charge in [0.1, 0.15) is 5.75 Å². The van der Waals surface area contributed by atoms with Gasteiger partial charge in [0.05, 0.1) is 0 Å². The minimum Gasteiger partial charge on any atom is -0.487 e. The second-order valence-electron chi connectivity index (χ2n) is 3.13. The highest BCUT2D eigenvalue weighted by Gasteiger charge is 2.41. The zero-order chi connectivity index (χ0) is 12.2. The molecule has 0 heterocycles. The van der Waals surface area contributed by atoms with Crippen LogP contribution in [0.1, 0.15) is 5.56 Å². The van der Waals surface area contributed by atoms with Crippen LogP contribution in [0.2, 0.25) is 0 Å². The van der Waals surface area contributed by atoms with Gasteiger partial charge < -0.3 is 4.74 Å².